The van der Waals surface area contributed by atoms with Gasteiger partial charge in [-0.25, -0.2) is 0 Å². The first-order chi connectivity index (χ1) is 10.3. The number of hydrogen-bond acceptors (Lipinski definition) is 5. The van der Waals surface area contributed by atoms with Crippen LogP contribution in [0.25, 0.3) is 9.40 Å². The molecule has 110 valence electrons. The molecule has 0 fully saturated rings. The van der Waals surface area contributed by atoms with Crippen molar-refractivity contribution in [1.29, 1.82) is 0 Å². The van der Waals surface area contributed by atoms with Gasteiger partial charge in [-0.1, -0.05) is 18.2 Å². The predicted molar refractivity (Wildman–Crippen MR) is 89.5 cm³/mol. The van der Waals surface area contributed by atoms with Gasteiger partial charge in [0, 0.05) is 27.0 Å². The van der Waals surface area contributed by atoms with E-state index in [4.69, 9.17) is 15.2 Å². The minimum absolute atomic E-state index is 0.159. The summed E-state index contributed by atoms with van der Waals surface area (Å²) < 4.78 is 13.4. The minimum Gasteiger partial charge on any atom is -0.491 e. The van der Waals surface area contributed by atoms with Crippen LogP contribution < -0.4 is 10.5 Å². The summed E-state index contributed by atoms with van der Waals surface area (Å²) in [7, 11) is 1.67. The number of thiophene rings is 2. The van der Waals surface area contributed by atoms with Crippen LogP contribution in [-0.4, -0.2) is 20.3 Å². The van der Waals surface area contributed by atoms with Crippen molar-refractivity contribution >= 4 is 32.1 Å². The second kappa shape index (κ2) is 6.58. The fourth-order valence-electron chi connectivity index (χ4n) is 2.19. The van der Waals surface area contributed by atoms with Gasteiger partial charge in [-0.15, -0.1) is 22.7 Å². The normalized spacial score (nSPS) is 12.7. The number of methoxy groups -OCH3 is 1. The summed E-state index contributed by atoms with van der Waals surface area (Å²) in [4.78, 5) is 1.17. The number of ether oxygens (including phenoxy) is 2. The first-order valence-electron chi connectivity index (χ1n) is 6.73. The Labute approximate surface area is 131 Å². The molecule has 3 rings (SSSR count). The van der Waals surface area contributed by atoms with Gasteiger partial charge < -0.3 is 15.2 Å². The topological polar surface area (TPSA) is 44.5 Å². The lowest BCUT2D eigenvalue weighted by Gasteiger charge is -2.15. The van der Waals surface area contributed by atoms with E-state index >= 15 is 0 Å². The maximum absolute atomic E-state index is 6.45. The second-order valence-corrected chi connectivity index (χ2v) is 6.72. The predicted octanol–water partition coefficient (Wildman–Crippen LogP) is 4.04. The Hall–Kier alpha value is -1.40. The highest BCUT2D eigenvalue weighted by Crippen LogP contribution is 2.37. The molecule has 2 aromatic heterocycles. The van der Waals surface area contributed by atoms with E-state index in [1.165, 1.54) is 14.3 Å². The first-order valence-corrected chi connectivity index (χ1v) is 8.42. The molecule has 2 heterocycles. The van der Waals surface area contributed by atoms with Gasteiger partial charge in [0.25, 0.3) is 0 Å². The summed E-state index contributed by atoms with van der Waals surface area (Å²) in [6.45, 7) is 1.10. The van der Waals surface area contributed by atoms with Gasteiger partial charge >= 0.3 is 0 Å². The van der Waals surface area contributed by atoms with E-state index in [1.54, 1.807) is 29.8 Å². The zero-order valence-corrected chi connectivity index (χ0v) is 13.4. The third-order valence-corrected chi connectivity index (χ3v) is 5.44. The Bertz CT molecular complexity index is 691. The highest BCUT2D eigenvalue weighted by Gasteiger charge is 2.16. The molecule has 1 unspecified atom stereocenters. The Morgan fingerprint density at radius 3 is 2.81 bits per heavy atom. The Kier molecular flexibility index (Phi) is 4.55. The molecule has 0 amide bonds. The monoisotopic (exact) mass is 319 g/mol. The third kappa shape index (κ3) is 3.11. The quantitative estimate of drug-likeness (QED) is 0.698. The zero-order valence-electron chi connectivity index (χ0n) is 11.7. The van der Waals surface area contributed by atoms with Crippen molar-refractivity contribution in [3.63, 3.8) is 0 Å². The van der Waals surface area contributed by atoms with Crippen molar-refractivity contribution in [1.82, 2.24) is 0 Å². The largest absolute Gasteiger partial charge is 0.491 e. The van der Waals surface area contributed by atoms with Crippen LogP contribution in [0.4, 0.5) is 0 Å². The molecule has 1 atom stereocenters. The average Bonchev–Trinajstić information content (AvgIpc) is 3.08. The van der Waals surface area contributed by atoms with Crippen LogP contribution in [0.5, 0.6) is 5.75 Å². The highest BCUT2D eigenvalue weighted by atomic mass is 32.1. The molecule has 0 radical (unpaired) electrons. The Morgan fingerprint density at radius 1 is 1.14 bits per heavy atom. The van der Waals surface area contributed by atoms with Gasteiger partial charge in [0.2, 0.25) is 0 Å². The van der Waals surface area contributed by atoms with Crippen LogP contribution in [0.2, 0.25) is 0 Å². The number of para-hydroxylation sites is 1. The van der Waals surface area contributed by atoms with Gasteiger partial charge in [-0.05, 0) is 23.6 Å². The molecule has 0 aliphatic rings. The Morgan fingerprint density at radius 2 is 2.00 bits per heavy atom. The van der Waals surface area contributed by atoms with Gasteiger partial charge in [-0.3, -0.25) is 0 Å². The van der Waals surface area contributed by atoms with Gasteiger partial charge in [0.1, 0.15) is 12.4 Å². The molecule has 0 saturated heterocycles. The number of hydrogen-bond donors (Lipinski definition) is 1. The highest BCUT2D eigenvalue weighted by molar-refractivity contribution is 7.27. The lowest BCUT2D eigenvalue weighted by molar-refractivity contribution is 0.145. The lowest BCUT2D eigenvalue weighted by Crippen LogP contribution is -2.13. The van der Waals surface area contributed by atoms with E-state index in [2.05, 4.69) is 17.5 Å². The molecule has 2 N–H and O–H groups in total. The standard InChI is InChI=1S/C16H17NO2S2/c1-18-7-8-19-12-5-3-2-4-11(12)16(17)15-10-14-13(21-15)6-9-20-14/h2-6,9-10,16H,7-8,17H2,1H3. The molecule has 0 bridgehead atoms. The summed E-state index contributed by atoms with van der Waals surface area (Å²) in [5.74, 6) is 0.832. The molecule has 0 spiro atoms. The van der Waals surface area contributed by atoms with Crippen molar-refractivity contribution < 1.29 is 9.47 Å². The number of fused-ring (bicyclic) bond motifs is 1. The molecule has 1 aromatic carbocycles. The molecule has 0 aliphatic heterocycles. The fraction of sp³-hybridized carbons (Fsp3) is 0.250. The number of rotatable bonds is 6. The fourth-order valence-corrected chi connectivity index (χ4v) is 4.34. The van der Waals surface area contributed by atoms with E-state index in [9.17, 15) is 0 Å². The van der Waals surface area contributed by atoms with E-state index in [0.717, 1.165) is 11.3 Å². The lowest BCUT2D eigenvalue weighted by atomic mass is 10.1. The molecule has 3 aromatic rings. The van der Waals surface area contributed by atoms with E-state index in [-0.39, 0.29) is 6.04 Å². The van der Waals surface area contributed by atoms with E-state index in [1.807, 2.05) is 24.3 Å². The van der Waals surface area contributed by atoms with Crippen molar-refractivity contribution in [2.24, 2.45) is 5.73 Å². The van der Waals surface area contributed by atoms with E-state index < -0.39 is 0 Å². The smallest absolute Gasteiger partial charge is 0.124 e. The first kappa shape index (κ1) is 14.5. The molecule has 3 nitrogen and oxygen atoms in total. The molecule has 21 heavy (non-hydrogen) atoms. The second-order valence-electron chi connectivity index (χ2n) is 4.65. The van der Waals surface area contributed by atoms with Crippen molar-refractivity contribution in [3.8, 4) is 5.75 Å². The SMILES string of the molecule is COCCOc1ccccc1C(N)c1cc2sccc2s1. The maximum Gasteiger partial charge on any atom is 0.124 e. The summed E-state index contributed by atoms with van der Waals surface area (Å²) in [6, 6.07) is 12.1. The van der Waals surface area contributed by atoms with E-state index in [0.29, 0.717) is 13.2 Å². The average molecular weight is 319 g/mol. The third-order valence-electron chi connectivity index (χ3n) is 3.26. The van der Waals surface area contributed by atoms with Gasteiger partial charge in [-0.2, -0.15) is 0 Å². The van der Waals surface area contributed by atoms with Crippen LogP contribution in [-0.2, 0) is 4.74 Å². The molecule has 5 heteroatoms. The molecular formula is C16H17NO2S2. The van der Waals surface area contributed by atoms with Crippen molar-refractivity contribution in [3.05, 3.63) is 52.2 Å². The molecule has 0 saturated carbocycles. The molecule has 0 aliphatic carbocycles. The van der Waals surface area contributed by atoms with Gasteiger partial charge in [0.15, 0.2) is 0 Å². The minimum atomic E-state index is -0.159. The van der Waals surface area contributed by atoms with Crippen molar-refractivity contribution in [2.45, 2.75) is 6.04 Å². The summed E-state index contributed by atoms with van der Waals surface area (Å²) in [6.07, 6.45) is 0. The number of benzene rings is 1. The summed E-state index contributed by atoms with van der Waals surface area (Å²) in [5, 5.41) is 2.11. The zero-order chi connectivity index (χ0) is 14.7. The molecular weight excluding hydrogens is 302 g/mol. The number of nitrogens with two attached hydrogens (primary N) is 1. The summed E-state index contributed by atoms with van der Waals surface area (Å²) >= 11 is 3.50. The van der Waals surface area contributed by atoms with Crippen LogP contribution in [0, 0.1) is 0 Å². The van der Waals surface area contributed by atoms with Crippen LogP contribution in [0.15, 0.2) is 41.8 Å². The van der Waals surface area contributed by atoms with Crippen LogP contribution in [0.1, 0.15) is 16.5 Å². The van der Waals surface area contributed by atoms with Crippen LogP contribution in [0.3, 0.4) is 0 Å². The van der Waals surface area contributed by atoms with Crippen molar-refractivity contribution in [2.75, 3.05) is 20.3 Å². The summed E-state index contributed by atoms with van der Waals surface area (Å²) in [5.41, 5.74) is 7.46. The van der Waals surface area contributed by atoms with Gasteiger partial charge in [0.05, 0.1) is 12.6 Å². The van der Waals surface area contributed by atoms with Crippen LogP contribution >= 0.6 is 22.7 Å². The maximum atomic E-state index is 6.45. The Balaban J connectivity index is 1.86.